The lowest BCUT2D eigenvalue weighted by molar-refractivity contribution is -0.127. The Hall–Kier alpha value is -3.22. The number of amides is 2. The molecule has 7 nitrogen and oxygen atoms in total. The number of carbonyl (C=O) groups is 2. The molecule has 0 aromatic heterocycles. The Balaban J connectivity index is 1.48. The van der Waals surface area contributed by atoms with Crippen LogP contribution in [0.25, 0.3) is 0 Å². The first-order valence-corrected chi connectivity index (χ1v) is 9.54. The number of nitrogens with zero attached hydrogens (tertiary/aromatic N) is 1. The third-order valence-corrected chi connectivity index (χ3v) is 5.40. The highest BCUT2D eigenvalue weighted by atomic mass is 16.7. The molecule has 0 spiro atoms. The third kappa shape index (κ3) is 3.60. The Kier molecular flexibility index (Phi) is 4.82. The molecule has 7 heteroatoms. The number of rotatable bonds is 5. The minimum absolute atomic E-state index is 0.0875. The molecule has 2 aromatic carbocycles. The Labute approximate surface area is 169 Å². The van der Waals surface area contributed by atoms with Crippen molar-refractivity contribution in [3.63, 3.8) is 0 Å². The summed E-state index contributed by atoms with van der Waals surface area (Å²) in [5, 5.41) is 3.08. The number of nitrogens with one attached hydrogen (secondary N) is 1. The normalized spacial score (nSPS) is 18.1. The molecule has 2 aliphatic rings. The average Bonchev–Trinajstić information content (AvgIpc) is 3.33. The van der Waals surface area contributed by atoms with Gasteiger partial charge in [-0.2, -0.15) is 0 Å². The average molecular weight is 396 g/mol. The number of anilines is 1. The molecule has 2 aromatic rings. The molecule has 152 valence electrons. The van der Waals surface area contributed by atoms with E-state index < -0.39 is 11.5 Å². The van der Waals surface area contributed by atoms with E-state index in [1.54, 1.807) is 18.1 Å². The molecule has 1 saturated heterocycles. The number of carbonyl (C=O) groups excluding carboxylic acids is 2. The van der Waals surface area contributed by atoms with E-state index in [9.17, 15) is 9.59 Å². The van der Waals surface area contributed by atoms with Crippen LogP contribution in [0, 0.1) is 5.92 Å². The zero-order valence-corrected chi connectivity index (χ0v) is 16.7. The van der Waals surface area contributed by atoms with Crippen molar-refractivity contribution < 1.29 is 23.8 Å². The molecule has 2 amide bonds. The zero-order valence-electron chi connectivity index (χ0n) is 16.7. The Morgan fingerprint density at radius 3 is 2.72 bits per heavy atom. The first kappa shape index (κ1) is 19.1. The van der Waals surface area contributed by atoms with Crippen LogP contribution in [0.5, 0.6) is 17.2 Å². The van der Waals surface area contributed by atoms with Gasteiger partial charge in [-0.1, -0.05) is 18.2 Å². The summed E-state index contributed by atoms with van der Waals surface area (Å²) in [6.07, 6.45) is 0.168. The van der Waals surface area contributed by atoms with E-state index in [0.29, 0.717) is 29.5 Å². The molecule has 1 fully saturated rings. The quantitative estimate of drug-likeness (QED) is 0.841. The highest BCUT2D eigenvalue weighted by Gasteiger charge is 2.38. The Morgan fingerprint density at radius 1 is 1.17 bits per heavy atom. The summed E-state index contributed by atoms with van der Waals surface area (Å²) in [4.78, 5) is 27.2. The van der Waals surface area contributed by atoms with Crippen molar-refractivity contribution in [3.8, 4) is 17.2 Å². The lowest BCUT2D eigenvalue weighted by Crippen LogP contribution is -2.44. The maximum Gasteiger partial charge on any atom is 0.231 e. The topological polar surface area (TPSA) is 77.1 Å². The molecule has 4 rings (SSSR count). The van der Waals surface area contributed by atoms with Gasteiger partial charge in [0.25, 0.3) is 0 Å². The second-order valence-corrected chi connectivity index (χ2v) is 7.76. The van der Waals surface area contributed by atoms with Crippen LogP contribution in [0.3, 0.4) is 0 Å². The summed E-state index contributed by atoms with van der Waals surface area (Å²) >= 11 is 0. The third-order valence-electron chi connectivity index (χ3n) is 5.40. The van der Waals surface area contributed by atoms with Gasteiger partial charge in [-0.05, 0) is 43.7 Å². The van der Waals surface area contributed by atoms with Gasteiger partial charge in [0, 0.05) is 13.0 Å². The van der Waals surface area contributed by atoms with Crippen LogP contribution in [0.1, 0.15) is 25.8 Å². The molecular formula is C22H24N2O5. The zero-order chi connectivity index (χ0) is 20.6. The molecule has 2 heterocycles. The van der Waals surface area contributed by atoms with E-state index in [-0.39, 0.29) is 25.0 Å². The van der Waals surface area contributed by atoms with Gasteiger partial charge in [0.05, 0.1) is 24.3 Å². The molecule has 1 unspecified atom stereocenters. The van der Waals surface area contributed by atoms with E-state index in [0.717, 1.165) is 5.56 Å². The summed E-state index contributed by atoms with van der Waals surface area (Å²) in [6.45, 7) is 4.38. The van der Waals surface area contributed by atoms with Gasteiger partial charge in [-0.15, -0.1) is 0 Å². The summed E-state index contributed by atoms with van der Waals surface area (Å²) in [6, 6.07) is 13.0. The highest BCUT2D eigenvalue weighted by Crippen LogP contribution is 2.36. The van der Waals surface area contributed by atoms with Crippen molar-refractivity contribution in [2.24, 2.45) is 5.92 Å². The SMILES string of the molecule is COc1ccccc1N1CC(C(=O)NC(C)(C)c2ccc3c(c2)OCO3)CC1=O. The summed E-state index contributed by atoms with van der Waals surface area (Å²) in [5.74, 6) is 1.31. The second kappa shape index (κ2) is 7.31. The minimum Gasteiger partial charge on any atom is -0.495 e. The molecule has 0 aliphatic carbocycles. The lowest BCUT2D eigenvalue weighted by atomic mass is 9.92. The summed E-state index contributed by atoms with van der Waals surface area (Å²) < 4.78 is 16.2. The predicted molar refractivity (Wildman–Crippen MR) is 107 cm³/mol. The largest absolute Gasteiger partial charge is 0.495 e. The number of methoxy groups -OCH3 is 1. The van der Waals surface area contributed by atoms with E-state index in [1.807, 2.05) is 50.2 Å². The number of fused-ring (bicyclic) bond motifs is 1. The van der Waals surface area contributed by atoms with E-state index in [1.165, 1.54) is 0 Å². The molecule has 0 bridgehead atoms. The van der Waals surface area contributed by atoms with Gasteiger partial charge in [0.15, 0.2) is 11.5 Å². The van der Waals surface area contributed by atoms with Crippen LogP contribution in [0.2, 0.25) is 0 Å². The van der Waals surface area contributed by atoms with Gasteiger partial charge in [-0.25, -0.2) is 0 Å². The number of hydrogen-bond donors (Lipinski definition) is 1. The van der Waals surface area contributed by atoms with Crippen LogP contribution < -0.4 is 24.4 Å². The van der Waals surface area contributed by atoms with Gasteiger partial charge in [0.1, 0.15) is 5.75 Å². The van der Waals surface area contributed by atoms with Gasteiger partial charge >= 0.3 is 0 Å². The first-order valence-electron chi connectivity index (χ1n) is 9.54. The van der Waals surface area contributed by atoms with Crippen LogP contribution in [0.4, 0.5) is 5.69 Å². The fraction of sp³-hybridized carbons (Fsp3) is 0.364. The fourth-order valence-corrected chi connectivity index (χ4v) is 3.74. The van der Waals surface area contributed by atoms with E-state index >= 15 is 0 Å². The molecule has 1 atom stereocenters. The van der Waals surface area contributed by atoms with Crippen molar-refractivity contribution in [1.29, 1.82) is 0 Å². The van der Waals surface area contributed by atoms with Crippen molar-refractivity contribution >= 4 is 17.5 Å². The number of hydrogen-bond acceptors (Lipinski definition) is 5. The van der Waals surface area contributed by atoms with Crippen molar-refractivity contribution in [1.82, 2.24) is 5.32 Å². The number of benzene rings is 2. The summed E-state index contributed by atoms with van der Waals surface area (Å²) in [7, 11) is 1.57. The second-order valence-electron chi connectivity index (χ2n) is 7.76. The van der Waals surface area contributed by atoms with Crippen molar-refractivity contribution in [2.75, 3.05) is 25.3 Å². The molecule has 2 aliphatic heterocycles. The maximum absolute atomic E-state index is 13.0. The lowest BCUT2D eigenvalue weighted by Gasteiger charge is -2.28. The van der Waals surface area contributed by atoms with Gasteiger partial charge in [0.2, 0.25) is 18.6 Å². The Morgan fingerprint density at radius 2 is 1.93 bits per heavy atom. The molecule has 29 heavy (non-hydrogen) atoms. The monoisotopic (exact) mass is 396 g/mol. The van der Waals surface area contributed by atoms with Crippen molar-refractivity contribution in [2.45, 2.75) is 25.8 Å². The Bertz CT molecular complexity index is 956. The van der Waals surface area contributed by atoms with E-state index in [4.69, 9.17) is 14.2 Å². The van der Waals surface area contributed by atoms with Crippen LogP contribution in [-0.2, 0) is 15.1 Å². The number of para-hydroxylation sites is 2. The first-order chi connectivity index (χ1) is 13.9. The molecule has 0 radical (unpaired) electrons. The number of ether oxygens (including phenoxy) is 3. The molecule has 0 saturated carbocycles. The van der Waals surface area contributed by atoms with Crippen molar-refractivity contribution in [3.05, 3.63) is 48.0 Å². The van der Waals surface area contributed by atoms with Gasteiger partial charge in [-0.3, -0.25) is 9.59 Å². The maximum atomic E-state index is 13.0. The highest BCUT2D eigenvalue weighted by molar-refractivity contribution is 6.01. The standard InChI is InChI=1S/C22H24N2O5/c1-22(2,15-8-9-18-19(11-15)29-13-28-18)23-21(26)14-10-20(25)24(12-14)16-6-4-5-7-17(16)27-3/h4-9,11,14H,10,12-13H2,1-3H3,(H,23,26). The molecule has 1 N–H and O–H groups in total. The smallest absolute Gasteiger partial charge is 0.231 e. The van der Waals surface area contributed by atoms with Gasteiger partial charge < -0.3 is 24.4 Å². The summed E-state index contributed by atoms with van der Waals surface area (Å²) in [5.41, 5.74) is 0.963. The fourth-order valence-electron chi connectivity index (χ4n) is 3.74. The predicted octanol–water partition coefficient (Wildman–Crippen LogP) is 2.83. The van der Waals surface area contributed by atoms with Crippen LogP contribution >= 0.6 is 0 Å². The van der Waals surface area contributed by atoms with E-state index in [2.05, 4.69) is 5.32 Å². The van der Waals surface area contributed by atoms with Crippen LogP contribution in [0.15, 0.2) is 42.5 Å². The molecular weight excluding hydrogens is 372 g/mol. The minimum atomic E-state index is -0.626. The van der Waals surface area contributed by atoms with Crippen LogP contribution in [-0.4, -0.2) is 32.3 Å².